The smallest absolute Gasteiger partial charge is 0.305 e. The number of rotatable bonds is 6. The van der Waals surface area contributed by atoms with Crippen molar-refractivity contribution in [2.45, 2.75) is 47.0 Å². The summed E-state index contributed by atoms with van der Waals surface area (Å²) in [5, 5.41) is 0. The van der Waals surface area contributed by atoms with Crippen LogP contribution in [0.3, 0.4) is 0 Å². The third kappa shape index (κ3) is 5.67. The Labute approximate surface area is 81.7 Å². The lowest BCUT2D eigenvalue weighted by molar-refractivity contribution is -0.143. The summed E-state index contributed by atoms with van der Waals surface area (Å²) in [6, 6.07) is 0. The van der Waals surface area contributed by atoms with Crippen LogP contribution in [0.2, 0.25) is 0 Å². The second kappa shape index (κ2) is 6.93. The highest BCUT2D eigenvalue weighted by Gasteiger charge is 2.12. The topological polar surface area (TPSA) is 26.3 Å². The lowest BCUT2D eigenvalue weighted by atomic mass is 9.90. The molecule has 0 fully saturated rings. The summed E-state index contributed by atoms with van der Waals surface area (Å²) in [6.45, 7) is 8.96. The van der Waals surface area contributed by atoms with Crippen LogP contribution in [0.5, 0.6) is 0 Å². The van der Waals surface area contributed by atoms with E-state index in [-0.39, 0.29) is 5.97 Å². The maximum atomic E-state index is 11.0. The number of hydrogen-bond acceptors (Lipinski definition) is 2. The van der Waals surface area contributed by atoms with Gasteiger partial charge in [0.15, 0.2) is 0 Å². The molecule has 0 aliphatic carbocycles. The summed E-state index contributed by atoms with van der Waals surface area (Å²) < 4.78 is 4.87. The van der Waals surface area contributed by atoms with Gasteiger partial charge in [0.05, 0.1) is 6.61 Å². The van der Waals surface area contributed by atoms with E-state index in [1.54, 1.807) is 0 Å². The van der Waals surface area contributed by atoms with Gasteiger partial charge in [-0.2, -0.15) is 0 Å². The first kappa shape index (κ1) is 12.5. The number of carbonyl (C=O) groups excluding carboxylic acids is 1. The van der Waals surface area contributed by atoms with Gasteiger partial charge in [-0.15, -0.1) is 0 Å². The van der Waals surface area contributed by atoms with Crippen molar-refractivity contribution < 1.29 is 9.53 Å². The predicted octanol–water partition coefficient (Wildman–Crippen LogP) is 3.01. The van der Waals surface area contributed by atoms with E-state index in [2.05, 4.69) is 20.8 Å². The van der Waals surface area contributed by atoms with E-state index in [9.17, 15) is 4.79 Å². The Morgan fingerprint density at radius 3 is 2.31 bits per heavy atom. The van der Waals surface area contributed by atoms with Gasteiger partial charge in [-0.1, -0.05) is 27.2 Å². The summed E-state index contributed by atoms with van der Waals surface area (Å²) in [7, 11) is 0. The van der Waals surface area contributed by atoms with Gasteiger partial charge in [0.1, 0.15) is 0 Å². The first-order valence-electron chi connectivity index (χ1n) is 5.27. The number of ether oxygens (including phenoxy) is 1. The van der Waals surface area contributed by atoms with E-state index < -0.39 is 0 Å². The molecule has 2 atom stereocenters. The highest BCUT2D eigenvalue weighted by Crippen LogP contribution is 2.19. The van der Waals surface area contributed by atoms with Crippen LogP contribution >= 0.6 is 0 Å². The zero-order chi connectivity index (χ0) is 10.3. The molecule has 78 valence electrons. The molecule has 0 aliphatic rings. The van der Waals surface area contributed by atoms with Crippen molar-refractivity contribution in [3.63, 3.8) is 0 Å². The zero-order valence-electron chi connectivity index (χ0n) is 9.30. The molecule has 0 rings (SSSR count). The van der Waals surface area contributed by atoms with Gasteiger partial charge in [0.2, 0.25) is 0 Å². The fraction of sp³-hybridized carbons (Fsp3) is 0.909. The third-order valence-corrected chi connectivity index (χ3v) is 2.72. The van der Waals surface area contributed by atoms with Crippen molar-refractivity contribution in [1.82, 2.24) is 0 Å². The molecule has 0 bridgehead atoms. The summed E-state index contributed by atoms with van der Waals surface area (Å²) in [4.78, 5) is 11.0. The molecule has 0 saturated carbocycles. The highest BCUT2D eigenvalue weighted by molar-refractivity contribution is 5.69. The van der Waals surface area contributed by atoms with Gasteiger partial charge >= 0.3 is 5.97 Å². The van der Waals surface area contributed by atoms with Crippen LogP contribution in [0.1, 0.15) is 47.0 Å². The normalized spacial score (nSPS) is 15.1. The van der Waals surface area contributed by atoms with Crippen molar-refractivity contribution >= 4 is 5.97 Å². The molecular weight excluding hydrogens is 164 g/mol. The largest absolute Gasteiger partial charge is 0.466 e. The van der Waals surface area contributed by atoms with Crippen LogP contribution in [0.15, 0.2) is 0 Å². The number of esters is 1. The molecule has 0 amide bonds. The minimum absolute atomic E-state index is 0.0577. The van der Waals surface area contributed by atoms with Crippen LogP contribution in [0.25, 0.3) is 0 Å². The zero-order valence-corrected chi connectivity index (χ0v) is 9.30. The standard InChI is InChI=1S/C11H22O2/c1-5-9(3)10(4)7-8-11(12)13-6-2/h9-10H,5-8H2,1-4H3. The monoisotopic (exact) mass is 186 g/mol. The van der Waals surface area contributed by atoms with Crippen molar-refractivity contribution in [3.05, 3.63) is 0 Å². The fourth-order valence-electron chi connectivity index (χ4n) is 1.27. The molecule has 0 aromatic rings. The van der Waals surface area contributed by atoms with Crippen LogP contribution in [0, 0.1) is 11.8 Å². The molecule has 2 unspecified atom stereocenters. The van der Waals surface area contributed by atoms with Crippen LogP contribution < -0.4 is 0 Å². The molecule has 0 heterocycles. The minimum atomic E-state index is -0.0577. The molecule has 2 heteroatoms. The molecular formula is C11H22O2. The predicted molar refractivity (Wildman–Crippen MR) is 54.5 cm³/mol. The average Bonchev–Trinajstić information content (AvgIpc) is 2.13. The van der Waals surface area contributed by atoms with Crippen molar-refractivity contribution in [2.24, 2.45) is 11.8 Å². The Morgan fingerprint density at radius 2 is 1.85 bits per heavy atom. The van der Waals surface area contributed by atoms with Gasteiger partial charge in [0, 0.05) is 6.42 Å². The molecule has 0 spiro atoms. The van der Waals surface area contributed by atoms with Gasteiger partial charge in [-0.25, -0.2) is 0 Å². The summed E-state index contributed by atoms with van der Waals surface area (Å²) in [5.41, 5.74) is 0. The highest BCUT2D eigenvalue weighted by atomic mass is 16.5. The Bertz CT molecular complexity index is 143. The third-order valence-electron chi connectivity index (χ3n) is 2.72. The maximum absolute atomic E-state index is 11.0. The quantitative estimate of drug-likeness (QED) is 0.596. The average molecular weight is 186 g/mol. The Balaban J connectivity index is 3.57. The van der Waals surface area contributed by atoms with E-state index in [4.69, 9.17) is 4.74 Å². The molecule has 13 heavy (non-hydrogen) atoms. The minimum Gasteiger partial charge on any atom is -0.466 e. The molecule has 0 aromatic heterocycles. The van der Waals surface area contributed by atoms with E-state index in [0.29, 0.717) is 24.9 Å². The van der Waals surface area contributed by atoms with Gasteiger partial charge in [0.25, 0.3) is 0 Å². The molecule has 0 aromatic carbocycles. The van der Waals surface area contributed by atoms with Gasteiger partial charge < -0.3 is 4.74 Å². The van der Waals surface area contributed by atoms with E-state index >= 15 is 0 Å². The van der Waals surface area contributed by atoms with Crippen molar-refractivity contribution in [1.29, 1.82) is 0 Å². The van der Waals surface area contributed by atoms with Crippen LogP contribution in [-0.2, 0) is 9.53 Å². The Hall–Kier alpha value is -0.530. The molecule has 0 N–H and O–H groups in total. The maximum Gasteiger partial charge on any atom is 0.305 e. The van der Waals surface area contributed by atoms with Crippen LogP contribution in [-0.4, -0.2) is 12.6 Å². The second-order valence-corrected chi connectivity index (χ2v) is 3.71. The summed E-state index contributed by atoms with van der Waals surface area (Å²) >= 11 is 0. The molecule has 0 aliphatic heterocycles. The van der Waals surface area contributed by atoms with E-state index in [0.717, 1.165) is 6.42 Å². The SMILES string of the molecule is CCOC(=O)CCC(C)C(C)CC. The van der Waals surface area contributed by atoms with Gasteiger partial charge in [-0.05, 0) is 25.2 Å². The Morgan fingerprint density at radius 1 is 1.23 bits per heavy atom. The molecule has 0 saturated heterocycles. The van der Waals surface area contributed by atoms with E-state index in [1.807, 2.05) is 6.92 Å². The Kier molecular flexibility index (Phi) is 6.65. The number of carbonyl (C=O) groups is 1. The number of hydrogen-bond donors (Lipinski definition) is 0. The summed E-state index contributed by atoms with van der Waals surface area (Å²) in [5.74, 6) is 1.27. The van der Waals surface area contributed by atoms with Crippen molar-refractivity contribution in [2.75, 3.05) is 6.61 Å². The fourth-order valence-corrected chi connectivity index (χ4v) is 1.27. The van der Waals surface area contributed by atoms with Gasteiger partial charge in [-0.3, -0.25) is 4.79 Å². The van der Waals surface area contributed by atoms with E-state index in [1.165, 1.54) is 6.42 Å². The lowest BCUT2D eigenvalue weighted by Crippen LogP contribution is -2.11. The lowest BCUT2D eigenvalue weighted by Gasteiger charge is -2.17. The first-order valence-corrected chi connectivity index (χ1v) is 5.27. The van der Waals surface area contributed by atoms with Crippen LogP contribution in [0.4, 0.5) is 0 Å². The first-order chi connectivity index (χ1) is 6.11. The van der Waals surface area contributed by atoms with Crippen molar-refractivity contribution in [3.8, 4) is 0 Å². The summed E-state index contributed by atoms with van der Waals surface area (Å²) in [6.07, 6.45) is 2.71. The molecule has 0 radical (unpaired) electrons. The second-order valence-electron chi connectivity index (χ2n) is 3.71. The molecule has 2 nitrogen and oxygen atoms in total.